The average molecular weight is 378 g/mol. The topological polar surface area (TPSA) is 42.5 Å². The van der Waals surface area contributed by atoms with Gasteiger partial charge in [0.2, 0.25) is 0 Å². The molecule has 4 nitrogen and oxygen atoms in total. The van der Waals surface area contributed by atoms with Crippen LogP contribution in [0.3, 0.4) is 0 Å². The number of hydrogen-bond donors (Lipinski definition) is 2. The lowest BCUT2D eigenvalue weighted by Gasteiger charge is -2.37. The SMILES string of the molecule is Cc1ccc2c([C@@H](O)CN3CCN(c4cccc(C)c4C)CC3)c(C)[nH]c2c1. The van der Waals surface area contributed by atoms with E-state index in [1.54, 1.807) is 0 Å². The van der Waals surface area contributed by atoms with Crippen LogP contribution in [0.25, 0.3) is 10.9 Å². The summed E-state index contributed by atoms with van der Waals surface area (Å²) in [5.41, 5.74) is 8.54. The zero-order valence-electron chi connectivity index (χ0n) is 17.4. The Balaban J connectivity index is 1.44. The van der Waals surface area contributed by atoms with Gasteiger partial charge in [0.1, 0.15) is 0 Å². The maximum atomic E-state index is 11.0. The third kappa shape index (κ3) is 3.54. The monoisotopic (exact) mass is 377 g/mol. The van der Waals surface area contributed by atoms with E-state index in [4.69, 9.17) is 0 Å². The fraction of sp³-hybridized carbons (Fsp3) is 0.417. The zero-order valence-corrected chi connectivity index (χ0v) is 17.4. The molecule has 0 bridgehead atoms. The van der Waals surface area contributed by atoms with Crippen LogP contribution in [-0.4, -0.2) is 47.7 Å². The lowest BCUT2D eigenvalue weighted by Crippen LogP contribution is -2.47. The minimum Gasteiger partial charge on any atom is -0.387 e. The number of aryl methyl sites for hydroxylation is 3. The summed E-state index contributed by atoms with van der Waals surface area (Å²) in [6.07, 6.45) is -0.469. The van der Waals surface area contributed by atoms with Crippen LogP contribution in [-0.2, 0) is 0 Å². The highest BCUT2D eigenvalue weighted by molar-refractivity contribution is 5.85. The van der Waals surface area contributed by atoms with Crippen molar-refractivity contribution in [3.8, 4) is 0 Å². The molecule has 0 radical (unpaired) electrons. The Kier molecular flexibility index (Phi) is 5.17. The largest absolute Gasteiger partial charge is 0.387 e. The Morgan fingerprint density at radius 3 is 2.50 bits per heavy atom. The fourth-order valence-corrected chi connectivity index (χ4v) is 4.48. The Hall–Kier alpha value is -2.30. The highest BCUT2D eigenvalue weighted by Gasteiger charge is 2.23. The van der Waals surface area contributed by atoms with Crippen molar-refractivity contribution < 1.29 is 5.11 Å². The summed E-state index contributed by atoms with van der Waals surface area (Å²) in [5.74, 6) is 0. The fourth-order valence-electron chi connectivity index (χ4n) is 4.48. The van der Waals surface area contributed by atoms with E-state index in [0.717, 1.165) is 48.3 Å². The van der Waals surface area contributed by atoms with E-state index in [9.17, 15) is 5.11 Å². The van der Waals surface area contributed by atoms with Crippen LogP contribution in [0.15, 0.2) is 36.4 Å². The minimum absolute atomic E-state index is 0.469. The molecule has 1 saturated heterocycles. The summed E-state index contributed by atoms with van der Waals surface area (Å²) in [7, 11) is 0. The maximum absolute atomic E-state index is 11.0. The highest BCUT2D eigenvalue weighted by Crippen LogP contribution is 2.30. The molecule has 1 aromatic heterocycles. The van der Waals surface area contributed by atoms with E-state index in [2.05, 4.69) is 78.9 Å². The number of nitrogens with one attached hydrogen (secondary N) is 1. The van der Waals surface area contributed by atoms with Gasteiger partial charge in [-0.2, -0.15) is 0 Å². The molecule has 2 heterocycles. The van der Waals surface area contributed by atoms with E-state index in [-0.39, 0.29) is 0 Å². The molecular formula is C24H31N3O. The first-order valence-corrected chi connectivity index (χ1v) is 10.2. The smallest absolute Gasteiger partial charge is 0.0940 e. The molecule has 0 spiro atoms. The van der Waals surface area contributed by atoms with Crippen LogP contribution in [0.4, 0.5) is 5.69 Å². The Morgan fingerprint density at radius 2 is 1.75 bits per heavy atom. The van der Waals surface area contributed by atoms with Crippen LogP contribution in [0, 0.1) is 27.7 Å². The van der Waals surface area contributed by atoms with Crippen LogP contribution in [0.2, 0.25) is 0 Å². The first-order chi connectivity index (χ1) is 13.4. The molecule has 1 aliphatic rings. The lowest BCUT2D eigenvalue weighted by molar-refractivity contribution is 0.110. The highest BCUT2D eigenvalue weighted by atomic mass is 16.3. The van der Waals surface area contributed by atoms with Crippen molar-refractivity contribution in [2.24, 2.45) is 0 Å². The normalized spacial score (nSPS) is 16.7. The quantitative estimate of drug-likeness (QED) is 0.714. The minimum atomic E-state index is -0.469. The second-order valence-corrected chi connectivity index (χ2v) is 8.24. The van der Waals surface area contributed by atoms with Crippen LogP contribution in [0.1, 0.15) is 34.1 Å². The molecule has 2 aromatic carbocycles. The van der Waals surface area contributed by atoms with Gasteiger partial charge in [-0.15, -0.1) is 0 Å². The molecule has 4 heteroatoms. The summed E-state index contributed by atoms with van der Waals surface area (Å²) in [6, 6.07) is 13.0. The maximum Gasteiger partial charge on any atom is 0.0940 e. The predicted octanol–water partition coefficient (Wildman–Crippen LogP) is 4.26. The van der Waals surface area contributed by atoms with Crippen molar-refractivity contribution in [2.75, 3.05) is 37.6 Å². The molecule has 4 rings (SSSR count). The third-order valence-corrected chi connectivity index (χ3v) is 6.24. The molecule has 1 aliphatic heterocycles. The number of piperazine rings is 1. The number of aliphatic hydroxyl groups is 1. The van der Waals surface area contributed by atoms with Crippen molar-refractivity contribution in [1.82, 2.24) is 9.88 Å². The van der Waals surface area contributed by atoms with Gasteiger partial charge in [0.05, 0.1) is 6.10 Å². The molecule has 0 unspecified atom stereocenters. The van der Waals surface area contributed by atoms with E-state index >= 15 is 0 Å². The second-order valence-electron chi connectivity index (χ2n) is 8.24. The predicted molar refractivity (Wildman–Crippen MR) is 117 cm³/mol. The summed E-state index contributed by atoms with van der Waals surface area (Å²) >= 11 is 0. The van der Waals surface area contributed by atoms with Gasteiger partial charge in [0.25, 0.3) is 0 Å². The number of rotatable bonds is 4. The molecule has 0 aliphatic carbocycles. The van der Waals surface area contributed by atoms with Crippen LogP contribution < -0.4 is 4.90 Å². The molecule has 1 atom stereocenters. The molecule has 3 aromatic rings. The van der Waals surface area contributed by atoms with Gasteiger partial charge < -0.3 is 15.0 Å². The number of H-pyrrole nitrogens is 1. The van der Waals surface area contributed by atoms with Crippen molar-refractivity contribution in [2.45, 2.75) is 33.8 Å². The van der Waals surface area contributed by atoms with Crippen molar-refractivity contribution in [3.05, 3.63) is 64.3 Å². The summed E-state index contributed by atoms with van der Waals surface area (Å²) in [6.45, 7) is 13.2. The van der Waals surface area contributed by atoms with Crippen molar-refractivity contribution in [1.29, 1.82) is 0 Å². The van der Waals surface area contributed by atoms with Crippen LogP contribution >= 0.6 is 0 Å². The third-order valence-electron chi connectivity index (χ3n) is 6.24. The molecule has 28 heavy (non-hydrogen) atoms. The Bertz CT molecular complexity index is 983. The van der Waals surface area contributed by atoms with Gasteiger partial charge in [-0.05, 0) is 56.5 Å². The molecule has 0 saturated carbocycles. The standard InChI is InChI=1S/C24H31N3O/c1-16-8-9-20-21(14-16)25-19(4)24(20)23(28)15-26-10-12-27(13-11-26)22-7-5-6-17(2)18(22)3/h5-9,14,23,25,28H,10-13,15H2,1-4H3/t23-/m0/s1. The number of β-amino-alcohol motifs (C(OH)–C–C–N with tert-alkyl or cyclic N) is 1. The van der Waals surface area contributed by atoms with Gasteiger partial charge in [0, 0.05) is 60.6 Å². The number of aromatic amines is 1. The van der Waals surface area contributed by atoms with Gasteiger partial charge in [-0.25, -0.2) is 0 Å². The van der Waals surface area contributed by atoms with E-state index in [1.807, 2.05) is 0 Å². The van der Waals surface area contributed by atoms with Crippen molar-refractivity contribution >= 4 is 16.6 Å². The number of aromatic nitrogens is 1. The number of aliphatic hydroxyl groups excluding tert-OH is 1. The molecule has 148 valence electrons. The molecule has 1 fully saturated rings. The van der Waals surface area contributed by atoms with Gasteiger partial charge >= 0.3 is 0 Å². The molecule has 2 N–H and O–H groups in total. The van der Waals surface area contributed by atoms with Gasteiger partial charge in [-0.3, -0.25) is 4.90 Å². The number of benzene rings is 2. The first-order valence-electron chi connectivity index (χ1n) is 10.2. The Morgan fingerprint density at radius 1 is 1.00 bits per heavy atom. The van der Waals surface area contributed by atoms with Gasteiger partial charge in [0.15, 0.2) is 0 Å². The number of nitrogens with zero attached hydrogens (tertiary/aromatic N) is 2. The summed E-state index contributed by atoms with van der Waals surface area (Å²) in [5, 5.41) is 12.1. The van der Waals surface area contributed by atoms with Crippen molar-refractivity contribution in [3.63, 3.8) is 0 Å². The second kappa shape index (κ2) is 7.61. The number of hydrogen-bond acceptors (Lipinski definition) is 3. The summed E-state index contributed by atoms with van der Waals surface area (Å²) < 4.78 is 0. The lowest BCUT2D eigenvalue weighted by atomic mass is 10.0. The number of fused-ring (bicyclic) bond motifs is 1. The average Bonchev–Trinajstić information content (AvgIpc) is 2.99. The van der Waals surface area contributed by atoms with E-state index in [0.29, 0.717) is 6.54 Å². The van der Waals surface area contributed by atoms with Crippen LogP contribution in [0.5, 0.6) is 0 Å². The number of anilines is 1. The zero-order chi connectivity index (χ0) is 19.8. The first kappa shape index (κ1) is 19.0. The Labute approximate surface area is 167 Å². The van der Waals surface area contributed by atoms with E-state index < -0.39 is 6.10 Å². The van der Waals surface area contributed by atoms with E-state index in [1.165, 1.54) is 22.4 Å². The summed E-state index contributed by atoms with van der Waals surface area (Å²) in [4.78, 5) is 8.30. The molecule has 0 amide bonds. The molecular weight excluding hydrogens is 346 g/mol. The van der Waals surface area contributed by atoms with Gasteiger partial charge in [-0.1, -0.05) is 24.3 Å².